The molecule has 1 unspecified atom stereocenters. The Morgan fingerprint density at radius 1 is 1.40 bits per heavy atom. The number of nitrogens with zero attached hydrogens (tertiary/aromatic N) is 2. The maximum Gasteiger partial charge on any atom is 0.179 e. The molecule has 1 saturated heterocycles. The molecule has 0 aromatic rings. The van der Waals surface area contributed by atoms with Gasteiger partial charge in [0.05, 0.1) is 0 Å². The van der Waals surface area contributed by atoms with Crippen LogP contribution < -0.4 is 0 Å². The molecule has 0 aliphatic carbocycles. The van der Waals surface area contributed by atoms with Crippen molar-refractivity contribution in [1.29, 1.82) is 5.26 Å². The molecule has 1 aliphatic heterocycles. The quantitative estimate of drug-likeness (QED) is 0.475. The van der Waals surface area contributed by atoms with E-state index in [1.54, 1.807) is 0 Å². The van der Waals surface area contributed by atoms with E-state index in [2.05, 4.69) is 13.1 Å². The van der Waals surface area contributed by atoms with Crippen molar-refractivity contribution in [3.63, 3.8) is 0 Å². The topological polar surface area (TPSA) is 27.0 Å². The molecule has 0 saturated carbocycles. The number of nitriles is 1. The van der Waals surface area contributed by atoms with Gasteiger partial charge in [-0.25, -0.2) is 0 Å². The van der Waals surface area contributed by atoms with Crippen molar-refractivity contribution < 1.29 is 0 Å². The minimum Gasteiger partial charge on any atom is -0.311 e. The summed E-state index contributed by atoms with van der Waals surface area (Å²) in [5.41, 5.74) is 0. The van der Waals surface area contributed by atoms with Crippen LogP contribution in [0.2, 0.25) is 0 Å². The van der Waals surface area contributed by atoms with Gasteiger partial charge in [0, 0.05) is 13.1 Å². The van der Waals surface area contributed by atoms with E-state index in [9.17, 15) is 0 Å². The van der Waals surface area contributed by atoms with Crippen LogP contribution in [-0.2, 0) is 0 Å². The minimum absolute atomic E-state index is 0.818. The van der Waals surface area contributed by atoms with Crippen molar-refractivity contribution >= 4 is 0 Å². The van der Waals surface area contributed by atoms with Gasteiger partial charge in [-0.05, 0) is 25.2 Å². The Hall–Kier alpha value is -0.710. The highest BCUT2D eigenvalue weighted by Gasteiger charge is 2.11. The zero-order chi connectivity index (χ0) is 7.40. The third kappa shape index (κ3) is 1.91. The first-order valence-corrected chi connectivity index (χ1v) is 3.97. The van der Waals surface area contributed by atoms with E-state index in [0.717, 1.165) is 19.0 Å². The summed E-state index contributed by atoms with van der Waals surface area (Å²) in [5.74, 6) is 0.818. The molecule has 0 N–H and O–H groups in total. The summed E-state index contributed by atoms with van der Waals surface area (Å²) in [6.45, 7) is 4.21. The first-order chi connectivity index (χ1) is 4.83. The predicted molar refractivity (Wildman–Crippen MR) is 40.2 cm³/mol. The van der Waals surface area contributed by atoms with Crippen molar-refractivity contribution in [2.45, 2.75) is 26.2 Å². The highest BCUT2D eigenvalue weighted by molar-refractivity contribution is 4.77. The van der Waals surface area contributed by atoms with Gasteiger partial charge in [-0.15, -0.1) is 0 Å². The van der Waals surface area contributed by atoms with Gasteiger partial charge in [-0.3, -0.25) is 0 Å². The van der Waals surface area contributed by atoms with Crippen molar-refractivity contribution in [2.24, 2.45) is 5.92 Å². The SMILES string of the molecule is CC1CCCN(C#N)CC1. The van der Waals surface area contributed by atoms with Crippen LogP contribution in [0.25, 0.3) is 0 Å². The fraction of sp³-hybridized carbons (Fsp3) is 0.875. The fourth-order valence-electron chi connectivity index (χ4n) is 1.36. The highest BCUT2D eigenvalue weighted by Crippen LogP contribution is 2.15. The lowest BCUT2D eigenvalue weighted by Crippen LogP contribution is -2.18. The lowest BCUT2D eigenvalue weighted by molar-refractivity contribution is 0.400. The summed E-state index contributed by atoms with van der Waals surface area (Å²) in [7, 11) is 0. The molecule has 1 atom stereocenters. The van der Waals surface area contributed by atoms with Gasteiger partial charge in [0.25, 0.3) is 0 Å². The third-order valence-electron chi connectivity index (χ3n) is 2.16. The van der Waals surface area contributed by atoms with Crippen LogP contribution in [0.4, 0.5) is 0 Å². The standard InChI is InChI=1S/C8H14N2/c1-8-3-2-5-10(7-9)6-4-8/h8H,2-6H2,1H3. The molecule has 1 aliphatic rings. The molecule has 0 bridgehead atoms. The van der Waals surface area contributed by atoms with Gasteiger partial charge in [0.1, 0.15) is 0 Å². The van der Waals surface area contributed by atoms with Crippen LogP contribution >= 0.6 is 0 Å². The maximum absolute atomic E-state index is 8.58. The van der Waals surface area contributed by atoms with Gasteiger partial charge in [-0.1, -0.05) is 6.92 Å². The first-order valence-electron chi connectivity index (χ1n) is 3.97. The first kappa shape index (κ1) is 7.40. The van der Waals surface area contributed by atoms with Gasteiger partial charge in [0.2, 0.25) is 0 Å². The largest absolute Gasteiger partial charge is 0.311 e. The molecular formula is C8H14N2. The minimum atomic E-state index is 0.818. The van der Waals surface area contributed by atoms with E-state index in [1.165, 1.54) is 19.3 Å². The molecule has 0 spiro atoms. The molecule has 0 radical (unpaired) electrons. The highest BCUT2D eigenvalue weighted by atomic mass is 15.1. The maximum atomic E-state index is 8.58. The summed E-state index contributed by atoms with van der Waals surface area (Å²) in [5, 5.41) is 8.58. The van der Waals surface area contributed by atoms with Crippen molar-refractivity contribution in [2.75, 3.05) is 13.1 Å². The number of hydrogen-bond donors (Lipinski definition) is 0. The van der Waals surface area contributed by atoms with E-state index in [4.69, 9.17) is 5.26 Å². The number of likely N-dealkylation sites (tertiary alicyclic amines) is 1. The summed E-state index contributed by atoms with van der Waals surface area (Å²) in [6, 6.07) is 0. The predicted octanol–water partition coefficient (Wildman–Crippen LogP) is 1.59. The smallest absolute Gasteiger partial charge is 0.179 e. The molecule has 0 amide bonds. The summed E-state index contributed by atoms with van der Waals surface area (Å²) in [6.07, 6.45) is 5.86. The van der Waals surface area contributed by atoms with E-state index in [1.807, 2.05) is 4.90 Å². The van der Waals surface area contributed by atoms with Crippen molar-refractivity contribution in [3.8, 4) is 6.19 Å². The molecule has 0 aromatic carbocycles. The average molecular weight is 138 g/mol. The molecule has 56 valence electrons. The van der Waals surface area contributed by atoms with E-state index in [0.29, 0.717) is 0 Å². The monoisotopic (exact) mass is 138 g/mol. The molecule has 10 heavy (non-hydrogen) atoms. The molecule has 2 heteroatoms. The molecule has 1 heterocycles. The number of hydrogen-bond acceptors (Lipinski definition) is 2. The van der Waals surface area contributed by atoms with E-state index in [-0.39, 0.29) is 0 Å². The molecule has 1 fully saturated rings. The Bertz CT molecular complexity index is 137. The Balaban J connectivity index is 2.35. The second-order valence-electron chi connectivity index (χ2n) is 3.12. The third-order valence-corrected chi connectivity index (χ3v) is 2.16. The van der Waals surface area contributed by atoms with Crippen LogP contribution in [0.1, 0.15) is 26.2 Å². The lowest BCUT2D eigenvalue weighted by atomic mass is 10.0. The second-order valence-corrected chi connectivity index (χ2v) is 3.12. The summed E-state index contributed by atoms with van der Waals surface area (Å²) in [4.78, 5) is 1.86. The number of rotatable bonds is 0. The van der Waals surface area contributed by atoms with Crippen LogP contribution in [0.15, 0.2) is 0 Å². The second kappa shape index (κ2) is 3.46. The molecule has 2 nitrogen and oxygen atoms in total. The molecular weight excluding hydrogens is 124 g/mol. The van der Waals surface area contributed by atoms with Gasteiger partial charge < -0.3 is 4.90 Å². The molecule has 0 aromatic heterocycles. The lowest BCUT2D eigenvalue weighted by Gasteiger charge is -2.10. The van der Waals surface area contributed by atoms with E-state index >= 15 is 0 Å². The van der Waals surface area contributed by atoms with Gasteiger partial charge in [-0.2, -0.15) is 5.26 Å². The van der Waals surface area contributed by atoms with Gasteiger partial charge in [0.15, 0.2) is 6.19 Å². The molecule has 1 rings (SSSR count). The summed E-state index contributed by atoms with van der Waals surface area (Å²) >= 11 is 0. The zero-order valence-corrected chi connectivity index (χ0v) is 6.51. The fourth-order valence-corrected chi connectivity index (χ4v) is 1.36. The Kier molecular flexibility index (Phi) is 2.56. The van der Waals surface area contributed by atoms with Crippen molar-refractivity contribution in [1.82, 2.24) is 4.90 Å². The normalized spacial score (nSPS) is 27.2. The van der Waals surface area contributed by atoms with Crippen LogP contribution in [0.3, 0.4) is 0 Å². The van der Waals surface area contributed by atoms with Crippen LogP contribution in [-0.4, -0.2) is 18.0 Å². The summed E-state index contributed by atoms with van der Waals surface area (Å²) < 4.78 is 0. The van der Waals surface area contributed by atoms with Crippen LogP contribution in [0.5, 0.6) is 0 Å². The Morgan fingerprint density at radius 3 is 2.90 bits per heavy atom. The zero-order valence-electron chi connectivity index (χ0n) is 6.51. The average Bonchev–Trinajstić information content (AvgIpc) is 2.14. The Labute approximate surface area is 62.4 Å². The Morgan fingerprint density at radius 2 is 2.20 bits per heavy atom. The van der Waals surface area contributed by atoms with Crippen LogP contribution in [0, 0.1) is 17.4 Å². The van der Waals surface area contributed by atoms with E-state index < -0.39 is 0 Å². The van der Waals surface area contributed by atoms with Gasteiger partial charge >= 0.3 is 0 Å². The van der Waals surface area contributed by atoms with Crippen molar-refractivity contribution in [3.05, 3.63) is 0 Å².